The van der Waals surface area contributed by atoms with Gasteiger partial charge in [-0.1, -0.05) is 19.9 Å². The van der Waals surface area contributed by atoms with Crippen LogP contribution in [-0.2, 0) is 0 Å². The summed E-state index contributed by atoms with van der Waals surface area (Å²) in [7, 11) is 2.16. The first-order valence-electron chi connectivity index (χ1n) is 11.2. The number of rotatable bonds is 7. The number of aryl methyl sites for hydroxylation is 1. The molecular weight excluding hydrogens is 420 g/mol. The van der Waals surface area contributed by atoms with Gasteiger partial charge in [-0.3, -0.25) is 0 Å². The van der Waals surface area contributed by atoms with Crippen molar-refractivity contribution in [3.63, 3.8) is 0 Å². The van der Waals surface area contributed by atoms with Crippen LogP contribution >= 0.6 is 11.9 Å². The third-order valence-electron chi connectivity index (χ3n) is 5.81. The standard InChI is InChI=1S/C23H32N8S/c1-5-17(3)32-29-18-8-7-16(2)19(13-18)27-22-21-20(25-15-26-22)14-24-23(28-21)31-10-6-9-30(4)11-12-31/h7-8,13-15,17,29H,5-6,9-12H2,1-4H3,(H,25,26,27). The lowest BCUT2D eigenvalue weighted by molar-refractivity contribution is 0.360. The predicted octanol–water partition coefficient (Wildman–Crippen LogP) is 4.47. The van der Waals surface area contributed by atoms with E-state index in [0.29, 0.717) is 11.1 Å². The summed E-state index contributed by atoms with van der Waals surface area (Å²) in [4.78, 5) is 23.0. The summed E-state index contributed by atoms with van der Waals surface area (Å²) in [5.41, 5.74) is 4.67. The van der Waals surface area contributed by atoms with Crippen molar-refractivity contribution in [1.29, 1.82) is 0 Å². The molecule has 0 aliphatic carbocycles. The minimum absolute atomic E-state index is 0.549. The van der Waals surface area contributed by atoms with Crippen molar-refractivity contribution in [3.8, 4) is 0 Å². The van der Waals surface area contributed by atoms with Crippen LogP contribution in [0.2, 0.25) is 0 Å². The molecule has 1 saturated heterocycles. The van der Waals surface area contributed by atoms with E-state index >= 15 is 0 Å². The highest BCUT2D eigenvalue weighted by Crippen LogP contribution is 2.28. The molecule has 2 aromatic heterocycles. The van der Waals surface area contributed by atoms with Gasteiger partial charge >= 0.3 is 0 Å². The van der Waals surface area contributed by atoms with E-state index in [-0.39, 0.29) is 0 Å². The summed E-state index contributed by atoms with van der Waals surface area (Å²) in [5, 5.41) is 4.04. The van der Waals surface area contributed by atoms with Gasteiger partial charge in [-0.2, -0.15) is 0 Å². The largest absolute Gasteiger partial charge is 0.339 e. The van der Waals surface area contributed by atoms with Crippen LogP contribution in [0.1, 0.15) is 32.3 Å². The van der Waals surface area contributed by atoms with Gasteiger partial charge in [0.05, 0.1) is 6.20 Å². The first kappa shape index (κ1) is 22.5. The van der Waals surface area contributed by atoms with Crippen LogP contribution in [0.15, 0.2) is 30.7 Å². The number of fused-ring (bicyclic) bond motifs is 1. The maximum absolute atomic E-state index is 4.87. The summed E-state index contributed by atoms with van der Waals surface area (Å²) in [6.07, 6.45) is 5.58. The van der Waals surface area contributed by atoms with Crippen LogP contribution in [0.25, 0.3) is 11.0 Å². The van der Waals surface area contributed by atoms with Crippen molar-refractivity contribution in [2.24, 2.45) is 0 Å². The van der Waals surface area contributed by atoms with Gasteiger partial charge in [-0.25, -0.2) is 19.9 Å². The molecule has 0 bridgehead atoms. The fourth-order valence-electron chi connectivity index (χ4n) is 3.53. The molecule has 0 radical (unpaired) electrons. The normalized spacial score (nSPS) is 16.1. The molecule has 8 nitrogen and oxygen atoms in total. The second kappa shape index (κ2) is 10.3. The molecule has 0 saturated carbocycles. The monoisotopic (exact) mass is 452 g/mol. The van der Waals surface area contributed by atoms with Gasteiger partial charge in [0.25, 0.3) is 0 Å². The highest BCUT2D eigenvalue weighted by molar-refractivity contribution is 8.01. The summed E-state index contributed by atoms with van der Waals surface area (Å²) >= 11 is 1.74. The number of benzene rings is 1. The van der Waals surface area contributed by atoms with Crippen LogP contribution in [-0.4, -0.2) is 63.3 Å². The van der Waals surface area contributed by atoms with Crippen LogP contribution < -0.4 is 14.9 Å². The molecule has 3 aromatic rings. The number of aromatic nitrogens is 4. The number of anilines is 4. The maximum atomic E-state index is 4.87. The highest BCUT2D eigenvalue weighted by Gasteiger charge is 2.17. The Morgan fingerprint density at radius 3 is 2.84 bits per heavy atom. The zero-order valence-electron chi connectivity index (χ0n) is 19.3. The third-order valence-corrected chi connectivity index (χ3v) is 6.90. The molecule has 0 amide bonds. The van der Waals surface area contributed by atoms with Crippen molar-refractivity contribution >= 4 is 46.1 Å². The molecule has 9 heteroatoms. The lowest BCUT2D eigenvalue weighted by Gasteiger charge is -2.20. The average Bonchev–Trinajstić information content (AvgIpc) is 3.03. The van der Waals surface area contributed by atoms with Crippen molar-refractivity contribution in [2.45, 2.75) is 38.9 Å². The maximum Gasteiger partial charge on any atom is 0.226 e. The average molecular weight is 453 g/mol. The molecule has 170 valence electrons. The van der Waals surface area contributed by atoms with Crippen LogP contribution in [0.3, 0.4) is 0 Å². The van der Waals surface area contributed by atoms with Gasteiger partial charge < -0.3 is 19.8 Å². The summed E-state index contributed by atoms with van der Waals surface area (Å²) in [6, 6.07) is 6.33. The lowest BCUT2D eigenvalue weighted by atomic mass is 10.2. The van der Waals surface area contributed by atoms with Gasteiger partial charge in [0.1, 0.15) is 17.4 Å². The molecular formula is C23H32N8S. The minimum Gasteiger partial charge on any atom is -0.339 e. The number of nitrogens with one attached hydrogen (secondary N) is 2. The SMILES string of the molecule is CCC(C)SNc1ccc(C)c(Nc2ncnc3cnc(N4CCCN(C)CC4)nc23)c1. The Balaban J connectivity index is 1.60. The van der Waals surface area contributed by atoms with E-state index in [0.717, 1.165) is 72.9 Å². The first-order valence-corrected chi connectivity index (χ1v) is 12.1. The van der Waals surface area contributed by atoms with E-state index in [4.69, 9.17) is 4.98 Å². The van der Waals surface area contributed by atoms with Gasteiger partial charge in [-0.15, -0.1) is 0 Å². The van der Waals surface area contributed by atoms with Crippen molar-refractivity contribution in [1.82, 2.24) is 24.8 Å². The van der Waals surface area contributed by atoms with E-state index in [1.807, 2.05) is 0 Å². The summed E-state index contributed by atoms with van der Waals surface area (Å²) in [5.74, 6) is 1.43. The zero-order chi connectivity index (χ0) is 22.5. The van der Waals surface area contributed by atoms with E-state index in [9.17, 15) is 0 Å². The fraction of sp³-hybridized carbons (Fsp3) is 0.478. The highest BCUT2D eigenvalue weighted by atomic mass is 32.2. The Labute approximate surface area is 194 Å². The second-order valence-corrected chi connectivity index (χ2v) is 9.61. The molecule has 1 unspecified atom stereocenters. The molecule has 2 N–H and O–H groups in total. The van der Waals surface area contributed by atoms with E-state index < -0.39 is 0 Å². The van der Waals surface area contributed by atoms with E-state index in [1.54, 1.807) is 24.5 Å². The third kappa shape index (κ3) is 5.39. The quantitative estimate of drug-likeness (QED) is 0.504. The minimum atomic E-state index is 0.549. The van der Waals surface area contributed by atoms with E-state index in [2.05, 4.69) is 80.8 Å². The molecule has 1 aromatic carbocycles. The topological polar surface area (TPSA) is 82.1 Å². The van der Waals surface area contributed by atoms with Crippen LogP contribution in [0.5, 0.6) is 0 Å². The van der Waals surface area contributed by atoms with Gasteiger partial charge in [0.2, 0.25) is 5.95 Å². The van der Waals surface area contributed by atoms with Crippen molar-refractivity contribution in [3.05, 3.63) is 36.3 Å². The van der Waals surface area contributed by atoms with Crippen molar-refractivity contribution < 1.29 is 0 Å². The Kier molecular flexibility index (Phi) is 7.26. The van der Waals surface area contributed by atoms with Crippen LogP contribution in [0, 0.1) is 6.92 Å². The molecule has 32 heavy (non-hydrogen) atoms. The molecule has 3 heterocycles. The number of hydrogen-bond acceptors (Lipinski definition) is 9. The molecule has 1 aliphatic rings. The van der Waals surface area contributed by atoms with Crippen LogP contribution in [0.4, 0.5) is 23.1 Å². The lowest BCUT2D eigenvalue weighted by Crippen LogP contribution is -2.30. The van der Waals surface area contributed by atoms with Gasteiger partial charge in [-0.05, 0) is 63.0 Å². The van der Waals surface area contributed by atoms with Gasteiger partial charge in [0.15, 0.2) is 5.82 Å². The van der Waals surface area contributed by atoms with E-state index in [1.165, 1.54) is 0 Å². The number of hydrogen-bond donors (Lipinski definition) is 2. The summed E-state index contributed by atoms with van der Waals surface area (Å²) < 4.78 is 3.46. The smallest absolute Gasteiger partial charge is 0.226 e. The van der Waals surface area contributed by atoms with Gasteiger partial charge in [0, 0.05) is 36.3 Å². The second-order valence-electron chi connectivity index (χ2n) is 8.36. The molecule has 1 aliphatic heterocycles. The molecule has 1 atom stereocenters. The molecule has 0 spiro atoms. The summed E-state index contributed by atoms with van der Waals surface area (Å²) in [6.45, 7) is 10.5. The zero-order valence-corrected chi connectivity index (χ0v) is 20.1. The Hall–Kier alpha value is -2.65. The molecule has 4 rings (SSSR count). The fourth-order valence-corrected chi connectivity index (χ4v) is 4.17. The Morgan fingerprint density at radius 1 is 1.12 bits per heavy atom. The first-order chi connectivity index (χ1) is 15.5. The number of nitrogens with zero attached hydrogens (tertiary/aromatic N) is 6. The molecule has 1 fully saturated rings. The number of likely N-dealkylation sites (N-methyl/N-ethyl adjacent to an activating group) is 1. The predicted molar refractivity (Wildman–Crippen MR) is 135 cm³/mol. The Morgan fingerprint density at radius 2 is 2.00 bits per heavy atom. The Bertz CT molecular complexity index is 1060. The van der Waals surface area contributed by atoms with Crippen molar-refractivity contribution in [2.75, 3.05) is 48.2 Å².